The van der Waals surface area contributed by atoms with Gasteiger partial charge in [-0.05, 0) is 18.7 Å². The molecule has 1 saturated heterocycles. The number of aliphatic carboxylic acids is 1. The molecule has 1 aromatic carbocycles. The maximum Gasteiger partial charge on any atom is 0.307 e. The second-order valence-electron chi connectivity index (χ2n) is 4.66. The Hall–Kier alpha value is -1.40. The van der Waals surface area contributed by atoms with Gasteiger partial charge in [0.1, 0.15) is 0 Å². The number of hydrogen-bond acceptors (Lipinski definition) is 5. The summed E-state index contributed by atoms with van der Waals surface area (Å²) in [6, 6.07) is 3.95. The molecule has 0 amide bonds. The van der Waals surface area contributed by atoms with Crippen molar-refractivity contribution in [3.63, 3.8) is 0 Å². The van der Waals surface area contributed by atoms with Gasteiger partial charge in [0.25, 0.3) is 0 Å². The molecule has 110 valence electrons. The molecular weight excluding hydrogens is 278 g/mol. The van der Waals surface area contributed by atoms with Crippen molar-refractivity contribution in [2.24, 2.45) is 5.92 Å². The van der Waals surface area contributed by atoms with Crippen LogP contribution in [0.5, 0.6) is 11.5 Å². The Balaban J connectivity index is 2.35. The highest BCUT2D eigenvalue weighted by atomic mass is 32.2. The summed E-state index contributed by atoms with van der Waals surface area (Å²) in [4.78, 5) is 12.1. The van der Waals surface area contributed by atoms with Crippen LogP contribution in [-0.2, 0) is 4.79 Å². The summed E-state index contributed by atoms with van der Waals surface area (Å²) >= 11 is 1.59. The molecule has 0 bridgehead atoms. The zero-order chi connectivity index (χ0) is 14.7. The lowest BCUT2D eigenvalue weighted by Crippen LogP contribution is -2.17. The molecule has 20 heavy (non-hydrogen) atoms. The maximum atomic E-state index is 11.1. The van der Waals surface area contributed by atoms with Crippen LogP contribution in [0.25, 0.3) is 0 Å². The van der Waals surface area contributed by atoms with Crippen molar-refractivity contribution in [2.75, 3.05) is 27.0 Å². The maximum absolute atomic E-state index is 11.1. The van der Waals surface area contributed by atoms with Crippen LogP contribution < -0.4 is 14.8 Å². The molecule has 1 heterocycles. The smallest absolute Gasteiger partial charge is 0.307 e. The van der Waals surface area contributed by atoms with Crippen molar-refractivity contribution in [1.82, 2.24) is 5.32 Å². The van der Waals surface area contributed by atoms with E-state index in [-0.39, 0.29) is 12.0 Å². The highest BCUT2D eigenvalue weighted by Gasteiger charge is 2.32. The molecule has 0 spiro atoms. The van der Waals surface area contributed by atoms with Crippen LogP contribution >= 0.6 is 11.8 Å². The summed E-state index contributed by atoms with van der Waals surface area (Å²) in [5.41, 5.74) is 0.950. The second kappa shape index (κ2) is 6.37. The number of benzene rings is 1. The molecular formula is C14H19NO4S. The fourth-order valence-electron chi connectivity index (χ4n) is 2.56. The number of methoxy groups -OCH3 is 2. The number of hydrogen-bond donors (Lipinski definition) is 2. The van der Waals surface area contributed by atoms with Crippen LogP contribution in [-0.4, -0.2) is 38.1 Å². The summed E-state index contributed by atoms with van der Waals surface area (Å²) in [5, 5.41) is 12.3. The van der Waals surface area contributed by atoms with Gasteiger partial charge in [0, 0.05) is 18.2 Å². The number of ether oxygens (including phenoxy) is 2. The molecule has 6 heteroatoms. The Kier molecular flexibility index (Phi) is 4.77. The zero-order valence-corrected chi connectivity index (χ0v) is 12.6. The third-order valence-corrected chi connectivity index (χ3v) is 4.35. The molecule has 1 aliphatic heterocycles. The molecule has 5 nitrogen and oxygen atoms in total. The number of thioether (sulfide) groups is 1. The van der Waals surface area contributed by atoms with Crippen LogP contribution in [0.3, 0.4) is 0 Å². The van der Waals surface area contributed by atoms with Crippen molar-refractivity contribution in [3.8, 4) is 11.5 Å². The highest BCUT2D eigenvalue weighted by molar-refractivity contribution is 7.98. The minimum Gasteiger partial charge on any atom is -0.492 e. The average molecular weight is 297 g/mol. The van der Waals surface area contributed by atoms with Gasteiger partial charge in [-0.15, -0.1) is 11.8 Å². The first-order valence-electron chi connectivity index (χ1n) is 6.37. The molecule has 1 fully saturated rings. The number of nitrogens with one attached hydrogen (secondary N) is 1. The predicted molar refractivity (Wildman–Crippen MR) is 77.8 cm³/mol. The molecule has 1 aliphatic rings. The van der Waals surface area contributed by atoms with Crippen LogP contribution in [0.15, 0.2) is 17.0 Å². The summed E-state index contributed by atoms with van der Waals surface area (Å²) < 4.78 is 10.9. The van der Waals surface area contributed by atoms with Gasteiger partial charge in [-0.2, -0.15) is 0 Å². The Bertz CT molecular complexity index is 506. The Morgan fingerprint density at radius 3 is 2.55 bits per heavy atom. The zero-order valence-electron chi connectivity index (χ0n) is 11.8. The lowest BCUT2D eigenvalue weighted by Gasteiger charge is -2.19. The summed E-state index contributed by atoms with van der Waals surface area (Å²) in [6.45, 7) is 0.482. The Morgan fingerprint density at radius 1 is 1.35 bits per heavy atom. The van der Waals surface area contributed by atoms with Gasteiger partial charge in [-0.3, -0.25) is 4.79 Å². The molecule has 0 saturated carbocycles. The van der Waals surface area contributed by atoms with Crippen LogP contribution in [0.1, 0.15) is 18.0 Å². The van der Waals surface area contributed by atoms with Crippen LogP contribution in [0, 0.1) is 5.92 Å². The topological polar surface area (TPSA) is 67.8 Å². The van der Waals surface area contributed by atoms with E-state index in [0.717, 1.165) is 10.5 Å². The lowest BCUT2D eigenvalue weighted by molar-refractivity contribution is -0.141. The summed E-state index contributed by atoms with van der Waals surface area (Å²) in [5.74, 6) is 0.281. The van der Waals surface area contributed by atoms with E-state index in [9.17, 15) is 4.79 Å². The highest BCUT2D eigenvalue weighted by Crippen LogP contribution is 2.43. The lowest BCUT2D eigenvalue weighted by atomic mass is 9.99. The van der Waals surface area contributed by atoms with Gasteiger partial charge < -0.3 is 19.9 Å². The van der Waals surface area contributed by atoms with Gasteiger partial charge in [0.15, 0.2) is 11.5 Å². The molecule has 2 unspecified atom stereocenters. The van der Waals surface area contributed by atoms with Gasteiger partial charge in [-0.1, -0.05) is 6.07 Å². The monoisotopic (exact) mass is 297 g/mol. The fraction of sp³-hybridized carbons (Fsp3) is 0.500. The first-order chi connectivity index (χ1) is 9.62. The Labute approximate surface area is 122 Å². The molecule has 0 aliphatic carbocycles. The largest absolute Gasteiger partial charge is 0.492 e. The van der Waals surface area contributed by atoms with Crippen molar-refractivity contribution < 1.29 is 19.4 Å². The molecule has 0 aromatic heterocycles. The SMILES string of the molecule is COc1c(SC)ccc(C2CC(C(=O)O)CN2)c1OC. The van der Waals surface area contributed by atoms with E-state index in [0.29, 0.717) is 24.5 Å². The molecule has 2 rings (SSSR count). The second-order valence-corrected chi connectivity index (χ2v) is 5.50. The Morgan fingerprint density at radius 2 is 2.05 bits per heavy atom. The van der Waals surface area contributed by atoms with Crippen molar-refractivity contribution in [3.05, 3.63) is 17.7 Å². The molecule has 0 radical (unpaired) electrons. The third kappa shape index (κ3) is 2.71. The van der Waals surface area contributed by atoms with E-state index in [1.165, 1.54) is 0 Å². The van der Waals surface area contributed by atoms with Crippen LogP contribution in [0.2, 0.25) is 0 Å². The van der Waals surface area contributed by atoms with Gasteiger partial charge >= 0.3 is 5.97 Å². The number of rotatable bonds is 5. The van der Waals surface area contributed by atoms with E-state index in [4.69, 9.17) is 14.6 Å². The average Bonchev–Trinajstić information content (AvgIpc) is 2.95. The van der Waals surface area contributed by atoms with E-state index in [1.54, 1.807) is 26.0 Å². The molecule has 1 aromatic rings. The van der Waals surface area contributed by atoms with Gasteiger partial charge in [-0.25, -0.2) is 0 Å². The third-order valence-electron chi connectivity index (χ3n) is 3.59. The van der Waals surface area contributed by atoms with Crippen molar-refractivity contribution >= 4 is 17.7 Å². The number of carboxylic acid groups (broad SMARTS) is 1. The number of carboxylic acids is 1. The summed E-state index contributed by atoms with van der Waals surface area (Å²) in [7, 11) is 3.22. The first-order valence-corrected chi connectivity index (χ1v) is 7.59. The first kappa shape index (κ1) is 15.0. The minimum atomic E-state index is -0.758. The fourth-order valence-corrected chi connectivity index (χ4v) is 3.13. The van der Waals surface area contributed by atoms with E-state index in [1.807, 2.05) is 18.4 Å². The predicted octanol–water partition coefficient (Wildman–Crippen LogP) is 2.16. The quantitative estimate of drug-likeness (QED) is 0.812. The van der Waals surface area contributed by atoms with Gasteiger partial charge in [0.05, 0.1) is 25.0 Å². The number of carbonyl (C=O) groups is 1. The van der Waals surface area contributed by atoms with Crippen molar-refractivity contribution in [2.45, 2.75) is 17.4 Å². The van der Waals surface area contributed by atoms with Crippen LogP contribution in [0.4, 0.5) is 0 Å². The normalized spacial score (nSPS) is 21.8. The van der Waals surface area contributed by atoms with Crippen molar-refractivity contribution in [1.29, 1.82) is 0 Å². The minimum absolute atomic E-state index is 0.0177. The van der Waals surface area contributed by atoms with E-state index >= 15 is 0 Å². The molecule has 2 atom stereocenters. The van der Waals surface area contributed by atoms with E-state index in [2.05, 4.69) is 5.32 Å². The molecule has 2 N–H and O–H groups in total. The standard InChI is InChI=1S/C14H19NO4S/c1-18-12-9(4-5-11(20-3)13(12)19-2)10-6-8(7-15-10)14(16)17/h4-5,8,10,15H,6-7H2,1-3H3,(H,16,17). The van der Waals surface area contributed by atoms with E-state index < -0.39 is 5.97 Å². The van der Waals surface area contributed by atoms with Gasteiger partial charge in [0.2, 0.25) is 0 Å². The summed E-state index contributed by atoms with van der Waals surface area (Å²) in [6.07, 6.45) is 2.54.